The molecule has 4 nitrogen and oxygen atoms in total. The van der Waals surface area contributed by atoms with E-state index in [1.54, 1.807) is 0 Å². The van der Waals surface area contributed by atoms with Crippen LogP contribution in [-0.4, -0.2) is 33.3 Å². The molecule has 148 valence electrons. The van der Waals surface area contributed by atoms with Gasteiger partial charge in [-0.3, -0.25) is 5.10 Å². The van der Waals surface area contributed by atoms with E-state index >= 15 is 0 Å². The van der Waals surface area contributed by atoms with Gasteiger partial charge in [0, 0.05) is 41.7 Å². The van der Waals surface area contributed by atoms with Gasteiger partial charge in [0.2, 0.25) is 0 Å². The van der Waals surface area contributed by atoms with Gasteiger partial charge in [0.1, 0.15) is 0 Å². The molecule has 2 aromatic heterocycles. The molecule has 0 amide bonds. The van der Waals surface area contributed by atoms with Crippen molar-refractivity contribution in [3.8, 4) is 16.8 Å². The normalized spacial score (nSPS) is 14.5. The SMILES string of the molecule is Cc1ccc2c(c1)c1c(n2-c2cccc(-c3ccc4[nH]ncc4c3)c2)CCN(C)C1. The lowest BCUT2D eigenvalue weighted by Crippen LogP contribution is -2.27. The Morgan fingerprint density at radius 3 is 2.80 bits per heavy atom. The lowest BCUT2D eigenvalue weighted by atomic mass is 10.0. The Morgan fingerprint density at radius 1 is 0.967 bits per heavy atom. The molecule has 0 fully saturated rings. The molecular formula is C26H24N4. The molecule has 3 heterocycles. The summed E-state index contributed by atoms with van der Waals surface area (Å²) in [4.78, 5) is 2.42. The molecule has 0 bridgehead atoms. The summed E-state index contributed by atoms with van der Waals surface area (Å²) in [5.74, 6) is 0. The molecule has 0 spiro atoms. The number of aromatic nitrogens is 3. The molecule has 3 aromatic carbocycles. The van der Waals surface area contributed by atoms with Gasteiger partial charge in [-0.05, 0) is 67.1 Å². The molecule has 0 saturated heterocycles. The van der Waals surface area contributed by atoms with Crippen LogP contribution in [0.1, 0.15) is 16.8 Å². The van der Waals surface area contributed by atoms with Gasteiger partial charge in [-0.2, -0.15) is 5.10 Å². The lowest BCUT2D eigenvalue weighted by Gasteiger charge is -2.24. The molecule has 6 rings (SSSR count). The third kappa shape index (κ3) is 2.68. The maximum atomic E-state index is 4.16. The minimum Gasteiger partial charge on any atom is -0.313 e. The standard InChI is InChI=1S/C26H24N4/c1-17-6-9-25-22(12-17)23-16-29(2)11-10-26(23)30(25)21-5-3-4-18(14-21)19-7-8-24-20(13-19)15-27-28-24/h3-9,12-15H,10-11,16H2,1-2H3,(H,27,28). The van der Waals surface area contributed by atoms with E-state index in [1.807, 2.05) is 6.20 Å². The van der Waals surface area contributed by atoms with Gasteiger partial charge < -0.3 is 9.47 Å². The fraction of sp³-hybridized carbons (Fsp3) is 0.192. The van der Waals surface area contributed by atoms with Crippen LogP contribution in [-0.2, 0) is 13.0 Å². The van der Waals surface area contributed by atoms with Crippen LogP contribution in [0.2, 0.25) is 0 Å². The van der Waals surface area contributed by atoms with Gasteiger partial charge in [-0.1, -0.05) is 29.8 Å². The summed E-state index contributed by atoms with van der Waals surface area (Å²) in [6, 6.07) is 22.3. The summed E-state index contributed by atoms with van der Waals surface area (Å²) >= 11 is 0. The van der Waals surface area contributed by atoms with E-state index in [0.29, 0.717) is 0 Å². The molecule has 1 aliphatic heterocycles. The van der Waals surface area contributed by atoms with Gasteiger partial charge in [0.05, 0.1) is 17.2 Å². The van der Waals surface area contributed by atoms with Gasteiger partial charge >= 0.3 is 0 Å². The Hall–Kier alpha value is -3.37. The highest BCUT2D eigenvalue weighted by Crippen LogP contribution is 2.35. The van der Waals surface area contributed by atoms with Gasteiger partial charge in [-0.15, -0.1) is 0 Å². The number of fused-ring (bicyclic) bond motifs is 4. The molecule has 5 aromatic rings. The number of H-pyrrole nitrogens is 1. The molecular weight excluding hydrogens is 368 g/mol. The van der Waals surface area contributed by atoms with Crippen molar-refractivity contribution in [1.29, 1.82) is 0 Å². The summed E-state index contributed by atoms with van der Waals surface area (Å²) in [6.07, 6.45) is 2.96. The fourth-order valence-corrected chi connectivity index (χ4v) is 4.85. The van der Waals surface area contributed by atoms with E-state index in [-0.39, 0.29) is 0 Å². The number of aryl methyl sites for hydroxylation is 1. The summed E-state index contributed by atoms with van der Waals surface area (Å²) in [5, 5.41) is 9.72. The molecule has 0 unspecified atom stereocenters. The fourth-order valence-electron chi connectivity index (χ4n) is 4.85. The predicted octanol–water partition coefficient (Wildman–Crippen LogP) is 5.47. The van der Waals surface area contributed by atoms with Crippen LogP contribution in [0.25, 0.3) is 38.6 Å². The Morgan fingerprint density at radius 2 is 1.87 bits per heavy atom. The predicted molar refractivity (Wildman–Crippen MR) is 123 cm³/mol. The summed E-state index contributed by atoms with van der Waals surface area (Å²) in [6.45, 7) is 4.29. The summed E-state index contributed by atoms with van der Waals surface area (Å²) < 4.78 is 2.48. The first-order valence-electron chi connectivity index (χ1n) is 10.5. The van der Waals surface area contributed by atoms with E-state index in [0.717, 1.165) is 30.4 Å². The van der Waals surface area contributed by atoms with Crippen LogP contribution >= 0.6 is 0 Å². The molecule has 4 heteroatoms. The summed E-state index contributed by atoms with van der Waals surface area (Å²) in [7, 11) is 2.22. The van der Waals surface area contributed by atoms with Crippen LogP contribution in [0.5, 0.6) is 0 Å². The number of benzene rings is 3. The highest BCUT2D eigenvalue weighted by atomic mass is 15.1. The average molecular weight is 393 g/mol. The first kappa shape index (κ1) is 17.5. The smallest absolute Gasteiger partial charge is 0.0650 e. The molecule has 0 atom stereocenters. The van der Waals surface area contributed by atoms with E-state index in [9.17, 15) is 0 Å². The van der Waals surface area contributed by atoms with Crippen LogP contribution in [0.15, 0.2) is 66.9 Å². The Bertz CT molecular complexity index is 1410. The minimum atomic E-state index is 1.01. The monoisotopic (exact) mass is 392 g/mol. The number of hydrogen-bond acceptors (Lipinski definition) is 2. The van der Waals surface area contributed by atoms with Gasteiger partial charge in [0.15, 0.2) is 0 Å². The largest absolute Gasteiger partial charge is 0.313 e. The zero-order valence-corrected chi connectivity index (χ0v) is 17.3. The van der Waals surface area contributed by atoms with Crippen molar-refractivity contribution in [2.24, 2.45) is 0 Å². The summed E-state index contributed by atoms with van der Waals surface area (Å²) in [5.41, 5.74) is 10.3. The van der Waals surface area contributed by atoms with Crippen molar-refractivity contribution in [3.05, 3.63) is 83.7 Å². The van der Waals surface area contributed by atoms with Gasteiger partial charge in [0.25, 0.3) is 0 Å². The van der Waals surface area contributed by atoms with E-state index in [4.69, 9.17) is 0 Å². The second-order valence-corrected chi connectivity index (χ2v) is 8.49. The number of hydrogen-bond donors (Lipinski definition) is 1. The van der Waals surface area contributed by atoms with Crippen molar-refractivity contribution in [2.75, 3.05) is 13.6 Å². The molecule has 1 N–H and O–H groups in total. The van der Waals surface area contributed by atoms with Crippen molar-refractivity contribution in [1.82, 2.24) is 19.7 Å². The number of aromatic amines is 1. The third-order valence-corrected chi connectivity index (χ3v) is 6.37. The maximum Gasteiger partial charge on any atom is 0.0650 e. The van der Waals surface area contributed by atoms with Crippen molar-refractivity contribution >= 4 is 21.8 Å². The zero-order valence-electron chi connectivity index (χ0n) is 17.3. The number of rotatable bonds is 2. The molecule has 0 radical (unpaired) electrons. The lowest BCUT2D eigenvalue weighted by molar-refractivity contribution is 0.311. The highest BCUT2D eigenvalue weighted by Gasteiger charge is 2.23. The van der Waals surface area contributed by atoms with E-state index in [2.05, 4.69) is 94.3 Å². The molecule has 0 aliphatic carbocycles. The van der Waals surface area contributed by atoms with Crippen LogP contribution < -0.4 is 0 Å². The Balaban J connectivity index is 1.55. The van der Waals surface area contributed by atoms with E-state index in [1.165, 1.54) is 44.5 Å². The van der Waals surface area contributed by atoms with Crippen LogP contribution in [0.3, 0.4) is 0 Å². The third-order valence-electron chi connectivity index (χ3n) is 6.37. The number of nitrogens with zero attached hydrogens (tertiary/aromatic N) is 3. The second-order valence-electron chi connectivity index (χ2n) is 8.49. The van der Waals surface area contributed by atoms with Crippen molar-refractivity contribution in [3.63, 3.8) is 0 Å². The minimum absolute atomic E-state index is 1.01. The van der Waals surface area contributed by atoms with Crippen molar-refractivity contribution < 1.29 is 0 Å². The maximum absolute atomic E-state index is 4.16. The Labute approximate surface area is 175 Å². The molecule has 30 heavy (non-hydrogen) atoms. The second kappa shape index (κ2) is 6.57. The molecule has 0 saturated carbocycles. The average Bonchev–Trinajstić information content (AvgIpc) is 3.35. The zero-order chi connectivity index (χ0) is 20.2. The van der Waals surface area contributed by atoms with Crippen LogP contribution in [0.4, 0.5) is 0 Å². The number of likely N-dealkylation sites (N-methyl/N-ethyl adjacent to an activating group) is 1. The van der Waals surface area contributed by atoms with Gasteiger partial charge in [-0.25, -0.2) is 0 Å². The Kier molecular flexibility index (Phi) is 3.83. The quantitative estimate of drug-likeness (QED) is 0.432. The first-order chi connectivity index (χ1) is 14.7. The number of nitrogens with one attached hydrogen (secondary N) is 1. The molecule has 1 aliphatic rings. The highest BCUT2D eigenvalue weighted by molar-refractivity contribution is 5.89. The van der Waals surface area contributed by atoms with Crippen LogP contribution in [0, 0.1) is 6.92 Å². The topological polar surface area (TPSA) is 36.9 Å². The first-order valence-corrected chi connectivity index (χ1v) is 10.5. The van der Waals surface area contributed by atoms with Crippen molar-refractivity contribution in [2.45, 2.75) is 19.9 Å². The van der Waals surface area contributed by atoms with E-state index < -0.39 is 0 Å².